The van der Waals surface area contributed by atoms with Gasteiger partial charge in [-0.1, -0.05) is 0 Å². The van der Waals surface area contributed by atoms with Gasteiger partial charge in [-0.3, -0.25) is 9.59 Å². The molecule has 0 aromatic heterocycles. The Labute approximate surface area is 94.4 Å². The summed E-state index contributed by atoms with van der Waals surface area (Å²) in [4.78, 5) is 24.1. The molecule has 5 nitrogen and oxygen atoms in total. The van der Waals surface area contributed by atoms with Crippen LogP contribution in [-0.2, 0) is 14.3 Å². The highest BCUT2D eigenvalue weighted by Crippen LogP contribution is 2.31. The van der Waals surface area contributed by atoms with Gasteiger partial charge in [-0.2, -0.15) is 0 Å². The first kappa shape index (κ1) is 11.4. The van der Waals surface area contributed by atoms with Crippen LogP contribution in [-0.4, -0.2) is 47.7 Å². The molecular formula is C11H17NO4. The number of aliphatic carboxylic acids is 1. The number of carboxylic acids is 1. The molecule has 2 aliphatic rings. The van der Waals surface area contributed by atoms with E-state index in [-0.39, 0.29) is 24.3 Å². The van der Waals surface area contributed by atoms with E-state index in [1.165, 1.54) is 0 Å². The fourth-order valence-corrected chi connectivity index (χ4v) is 1.97. The summed E-state index contributed by atoms with van der Waals surface area (Å²) in [7, 11) is 0. The van der Waals surface area contributed by atoms with Crippen LogP contribution >= 0.6 is 0 Å². The van der Waals surface area contributed by atoms with Crippen molar-refractivity contribution in [3.63, 3.8) is 0 Å². The van der Waals surface area contributed by atoms with E-state index in [0.717, 1.165) is 12.8 Å². The molecule has 5 heteroatoms. The van der Waals surface area contributed by atoms with Gasteiger partial charge in [-0.15, -0.1) is 0 Å². The maximum Gasteiger partial charge on any atom is 0.303 e. The summed E-state index contributed by atoms with van der Waals surface area (Å²) in [6.07, 6.45) is 2.51. The van der Waals surface area contributed by atoms with Crippen LogP contribution in [0.5, 0.6) is 0 Å². The molecule has 1 atom stereocenters. The highest BCUT2D eigenvalue weighted by atomic mass is 16.5. The fourth-order valence-electron chi connectivity index (χ4n) is 1.97. The van der Waals surface area contributed by atoms with Crippen LogP contribution in [0.2, 0.25) is 0 Å². The third kappa shape index (κ3) is 2.95. The Hall–Kier alpha value is -1.10. The summed E-state index contributed by atoms with van der Waals surface area (Å²) < 4.78 is 5.45. The van der Waals surface area contributed by atoms with E-state index in [1.54, 1.807) is 0 Å². The summed E-state index contributed by atoms with van der Waals surface area (Å²) in [5, 5.41) is 8.58. The van der Waals surface area contributed by atoms with Gasteiger partial charge < -0.3 is 14.7 Å². The maximum atomic E-state index is 11.8. The first-order valence-electron chi connectivity index (χ1n) is 5.79. The second-order valence-corrected chi connectivity index (χ2v) is 4.48. The van der Waals surface area contributed by atoms with E-state index in [1.807, 2.05) is 4.90 Å². The van der Waals surface area contributed by atoms with E-state index in [2.05, 4.69) is 0 Å². The molecule has 1 aliphatic heterocycles. The van der Waals surface area contributed by atoms with Crippen LogP contribution in [0.15, 0.2) is 0 Å². The molecule has 0 bridgehead atoms. The zero-order valence-electron chi connectivity index (χ0n) is 9.22. The zero-order chi connectivity index (χ0) is 11.5. The summed E-state index contributed by atoms with van der Waals surface area (Å²) in [6, 6.07) is 0. The van der Waals surface area contributed by atoms with E-state index in [0.29, 0.717) is 26.1 Å². The van der Waals surface area contributed by atoms with E-state index >= 15 is 0 Å². The van der Waals surface area contributed by atoms with Crippen molar-refractivity contribution in [3.05, 3.63) is 0 Å². The normalized spacial score (nSPS) is 25.5. The summed E-state index contributed by atoms with van der Waals surface area (Å²) in [5.41, 5.74) is 0. The Kier molecular flexibility index (Phi) is 3.43. The summed E-state index contributed by atoms with van der Waals surface area (Å²) in [6.45, 7) is 1.74. The predicted molar refractivity (Wildman–Crippen MR) is 55.9 cm³/mol. The molecule has 0 radical (unpaired) electrons. The Morgan fingerprint density at radius 3 is 2.75 bits per heavy atom. The molecule has 1 unspecified atom stereocenters. The molecule has 1 saturated heterocycles. The Balaban J connectivity index is 1.78. The smallest absolute Gasteiger partial charge is 0.303 e. The van der Waals surface area contributed by atoms with Gasteiger partial charge in [0.2, 0.25) is 5.91 Å². The lowest BCUT2D eigenvalue weighted by Crippen LogP contribution is -2.46. The van der Waals surface area contributed by atoms with Crippen molar-refractivity contribution in [3.8, 4) is 0 Å². The van der Waals surface area contributed by atoms with Crippen LogP contribution in [0.1, 0.15) is 25.7 Å². The predicted octanol–water partition coefficient (Wildman–Crippen LogP) is 0.489. The van der Waals surface area contributed by atoms with Crippen LogP contribution in [0, 0.1) is 5.92 Å². The number of carboxylic acid groups (broad SMARTS) is 1. The molecule has 0 aromatic carbocycles. The Morgan fingerprint density at radius 1 is 1.38 bits per heavy atom. The van der Waals surface area contributed by atoms with E-state index in [4.69, 9.17) is 9.84 Å². The number of ether oxygens (including phenoxy) is 1. The minimum atomic E-state index is -0.811. The van der Waals surface area contributed by atoms with Crippen molar-refractivity contribution in [2.45, 2.75) is 31.8 Å². The molecule has 1 aliphatic carbocycles. The number of rotatable bonds is 4. The van der Waals surface area contributed by atoms with Crippen LogP contribution in [0.4, 0.5) is 0 Å². The van der Waals surface area contributed by atoms with E-state index in [9.17, 15) is 9.59 Å². The maximum absolute atomic E-state index is 11.8. The largest absolute Gasteiger partial charge is 0.481 e. The minimum Gasteiger partial charge on any atom is -0.481 e. The first-order chi connectivity index (χ1) is 7.66. The second-order valence-electron chi connectivity index (χ2n) is 4.48. The van der Waals surface area contributed by atoms with Crippen molar-refractivity contribution >= 4 is 11.9 Å². The number of morpholine rings is 1. The van der Waals surface area contributed by atoms with Crippen molar-refractivity contribution in [2.24, 2.45) is 5.92 Å². The van der Waals surface area contributed by atoms with Gasteiger partial charge in [0.15, 0.2) is 0 Å². The van der Waals surface area contributed by atoms with Crippen molar-refractivity contribution < 1.29 is 19.4 Å². The SMILES string of the molecule is O=C(O)CCC1CN(C(=O)C2CC2)CCO1. The number of hydrogen-bond acceptors (Lipinski definition) is 3. The van der Waals surface area contributed by atoms with E-state index < -0.39 is 5.97 Å². The van der Waals surface area contributed by atoms with Gasteiger partial charge in [0.05, 0.1) is 12.7 Å². The number of nitrogens with zero attached hydrogens (tertiary/aromatic N) is 1. The second kappa shape index (κ2) is 4.82. The Bertz CT molecular complexity index is 288. The molecule has 1 heterocycles. The molecule has 2 fully saturated rings. The molecule has 0 aromatic rings. The van der Waals surface area contributed by atoms with Gasteiger partial charge in [0, 0.05) is 25.4 Å². The highest BCUT2D eigenvalue weighted by molar-refractivity contribution is 5.81. The molecule has 90 valence electrons. The molecule has 0 spiro atoms. The van der Waals surface area contributed by atoms with Gasteiger partial charge in [-0.05, 0) is 19.3 Å². The lowest BCUT2D eigenvalue weighted by molar-refractivity contribution is -0.142. The topological polar surface area (TPSA) is 66.8 Å². The molecule has 1 N–H and O–H groups in total. The summed E-state index contributed by atoms with van der Waals surface area (Å²) >= 11 is 0. The Morgan fingerprint density at radius 2 is 2.12 bits per heavy atom. The monoisotopic (exact) mass is 227 g/mol. The lowest BCUT2D eigenvalue weighted by Gasteiger charge is -2.33. The first-order valence-corrected chi connectivity index (χ1v) is 5.79. The van der Waals surface area contributed by atoms with Crippen molar-refractivity contribution in [1.29, 1.82) is 0 Å². The van der Waals surface area contributed by atoms with Crippen LogP contribution in [0.25, 0.3) is 0 Å². The van der Waals surface area contributed by atoms with Crippen LogP contribution < -0.4 is 0 Å². The van der Waals surface area contributed by atoms with Gasteiger partial charge in [-0.25, -0.2) is 0 Å². The fraction of sp³-hybridized carbons (Fsp3) is 0.818. The van der Waals surface area contributed by atoms with Crippen molar-refractivity contribution in [2.75, 3.05) is 19.7 Å². The van der Waals surface area contributed by atoms with Gasteiger partial charge in [0.25, 0.3) is 0 Å². The lowest BCUT2D eigenvalue weighted by atomic mass is 10.1. The quantitative estimate of drug-likeness (QED) is 0.759. The van der Waals surface area contributed by atoms with Crippen LogP contribution in [0.3, 0.4) is 0 Å². The number of hydrogen-bond donors (Lipinski definition) is 1. The third-order valence-electron chi connectivity index (χ3n) is 3.06. The summed E-state index contributed by atoms with van der Waals surface area (Å²) in [5.74, 6) is -0.351. The average Bonchev–Trinajstić information content (AvgIpc) is 3.09. The minimum absolute atomic E-state index is 0.104. The molecule has 1 amide bonds. The number of amides is 1. The van der Waals surface area contributed by atoms with Crippen molar-refractivity contribution in [1.82, 2.24) is 4.90 Å². The highest BCUT2D eigenvalue weighted by Gasteiger charge is 2.35. The standard InChI is InChI=1S/C11H17NO4/c13-10(14)4-3-9-7-12(5-6-16-9)11(15)8-1-2-8/h8-9H,1-7H2,(H,13,14). The molecular weight excluding hydrogens is 210 g/mol. The zero-order valence-corrected chi connectivity index (χ0v) is 9.22. The molecule has 16 heavy (non-hydrogen) atoms. The number of carbonyl (C=O) groups excluding carboxylic acids is 1. The number of carbonyl (C=O) groups is 2. The van der Waals surface area contributed by atoms with Gasteiger partial charge in [0.1, 0.15) is 0 Å². The van der Waals surface area contributed by atoms with Gasteiger partial charge >= 0.3 is 5.97 Å². The third-order valence-corrected chi connectivity index (χ3v) is 3.06. The molecule has 2 rings (SSSR count). The average molecular weight is 227 g/mol. The molecule has 1 saturated carbocycles.